The van der Waals surface area contributed by atoms with E-state index in [2.05, 4.69) is 35.8 Å². The van der Waals surface area contributed by atoms with E-state index in [1.165, 1.54) is 37.2 Å². The maximum absolute atomic E-state index is 4.33. The van der Waals surface area contributed by atoms with Crippen LogP contribution in [0.4, 0.5) is 0 Å². The third kappa shape index (κ3) is 2.08. The first kappa shape index (κ1) is 12.2. The third-order valence-corrected chi connectivity index (χ3v) is 4.62. The summed E-state index contributed by atoms with van der Waals surface area (Å²) in [5, 5.41) is 4.33. The molecule has 1 aromatic rings. The van der Waals surface area contributed by atoms with Crippen LogP contribution in [-0.4, -0.2) is 44.8 Å². The van der Waals surface area contributed by atoms with Gasteiger partial charge in [-0.25, -0.2) is 0 Å². The van der Waals surface area contributed by atoms with Crippen molar-refractivity contribution >= 4 is 0 Å². The summed E-state index contributed by atoms with van der Waals surface area (Å²) in [5.74, 6) is 0. The Morgan fingerprint density at radius 1 is 1.22 bits per heavy atom. The second kappa shape index (κ2) is 4.67. The predicted octanol–water partition coefficient (Wildman–Crippen LogP) is 1.61. The van der Waals surface area contributed by atoms with Crippen molar-refractivity contribution in [3.05, 3.63) is 17.5 Å². The summed E-state index contributed by atoms with van der Waals surface area (Å²) in [6.07, 6.45) is 4.68. The van der Waals surface area contributed by atoms with Gasteiger partial charge in [0.2, 0.25) is 0 Å². The van der Waals surface area contributed by atoms with E-state index < -0.39 is 0 Å². The number of fused-ring (bicyclic) bond motifs is 1. The smallest absolute Gasteiger partial charge is 0.0566 e. The van der Waals surface area contributed by atoms with E-state index >= 15 is 0 Å². The molecule has 1 saturated heterocycles. The molecule has 1 aromatic heterocycles. The molecule has 2 aliphatic heterocycles. The maximum Gasteiger partial charge on any atom is 0.0566 e. The van der Waals surface area contributed by atoms with Crippen LogP contribution in [0.25, 0.3) is 0 Å². The van der Waals surface area contributed by atoms with Gasteiger partial charge in [0.1, 0.15) is 0 Å². The molecule has 3 heterocycles. The molecular formula is C14H24N4. The minimum atomic E-state index is 0.700. The van der Waals surface area contributed by atoms with Crippen LogP contribution in [0.5, 0.6) is 0 Å². The van der Waals surface area contributed by atoms with Crippen molar-refractivity contribution in [2.75, 3.05) is 13.1 Å². The Bertz CT molecular complexity index is 415. The first-order valence-corrected chi connectivity index (χ1v) is 7.13. The molecule has 0 spiro atoms. The van der Waals surface area contributed by atoms with Crippen LogP contribution < -0.4 is 0 Å². The van der Waals surface area contributed by atoms with Crippen molar-refractivity contribution in [1.82, 2.24) is 19.6 Å². The minimum Gasteiger partial charge on any atom is -0.301 e. The fourth-order valence-electron chi connectivity index (χ4n) is 3.34. The van der Waals surface area contributed by atoms with Gasteiger partial charge in [-0.3, -0.25) is 9.58 Å². The molecule has 0 aliphatic carbocycles. The minimum absolute atomic E-state index is 0.700. The van der Waals surface area contributed by atoms with Gasteiger partial charge in [0.15, 0.2) is 0 Å². The summed E-state index contributed by atoms with van der Waals surface area (Å²) in [6.45, 7) is 9.32. The van der Waals surface area contributed by atoms with Gasteiger partial charge in [0.05, 0.1) is 11.9 Å². The zero-order valence-electron chi connectivity index (χ0n) is 11.8. The number of likely N-dealkylation sites (tertiary alicyclic amines) is 1. The fraction of sp³-hybridized carbons (Fsp3) is 0.786. The summed E-state index contributed by atoms with van der Waals surface area (Å²) >= 11 is 0. The van der Waals surface area contributed by atoms with Crippen molar-refractivity contribution in [2.45, 2.75) is 51.9 Å². The highest BCUT2D eigenvalue weighted by molar-refractivity contribution is 5.22. The molecule has 0 unspecified atom stereocenters. The molecule has 0 amide bonds. The summed E-state index contributed by atoms with van der Waals surface area (Å²) in [6, 6.07) is 1.47. The van der Waals surface area contributed by atoms with E-state index in [0.717, 1.165) is 19.1 Å². The number of piperidine rings is 1. The van der Waals surface area contributed by atoms with Gasteiger partial charge in [-0.1, -0.05) is 0 Å². The van der Waals surface area contributed by atoms with Gasteiger partial charge in [-0.05, 0) is 39.8 Å². The summed E-state index contributed by atoms with van der Waals surface area (Å²) in [7, 11) is 2.06. The molecule has 0 saturated carbocycles. The lowest BCUT2D eigenvalue weighted by atomic mass is 10.0. The van der Waals surface area contributed by atoms with Crippen molar-refractivity contribution in [3.8, 4) is 0 Å². The summed E-state index contributed by atoms with van der Waals surface area (Å²) in [4.78, 5) is 5.24. The zero-order chi connectivity index (χ0) is 12.7. The van der Waals surface area contributed by atoms with Gasteiger partial charge in [-0.15, -0.1) is 0 Å². The lowest BCUT2D eigenvalue weighted by molar-refractivity contribution is 0.0894. The Kier molecular flexibility index (Phi) is 3.16. The van der Waals surface area contributed by atoms with E-state index in [1.807, 2.05) is 10.9 Å². The molecule has 3 rings (SSSR count). The highest BCUT2D eigenvalue weighted by atomic mass is 15.3. The van der Waals surface area contributed by atoms with Crippen molar-refractivity contribution in [1.29, 1.82) is 0 Å². The van der Waals surface area contributed by atoms with Crippen LogP contribution in [0, 0.1) is 0 Å². The third-order valence-electron chi connectivity index (χ3n) is 4.62. The van der Waals surface area contributed by atoms with E-state index in [1.54, 1.807) is 0 Å². The molecular weight excluding hydrogens is 224 g/mol. The van der Waals surface area contributed by atoms with Gasteiger partial charge in [-0.2, -0.15) is 5.10 Å². The zero-order valence-corrected chi connectivity index (χ0v) is 11.8. The summed E-state index contributed by atoms with van der Waals surface area (Å²) < 4.78 is 2.04. The topological polar surface area (TPSA) is 24.3 Å². The Morgan fingerprint density at radius 3 is 2.56 bits per heavy atom. The largest absolute Gasteiger partial charge is 0.301 e. The fourth-order valence-corrected chi connectivity index (χ4v) is 3.34. The molecule has 0 aromatic carbocycles. The Morgan fingerprint density at radius 2 is 1.94 bits per heavy atom. The van der Waals surface area contributed by atoms with Crippen molar-refractivity contribution < 1.29 is 0 Å². The molecule has 100 valence electrons. The van der Waals surface area contributed by atoms with Crippen LogP contribution >= 0.6 is 0 Å². The molecule has 4 heteroatoms. The summed E-state index contributed by atoms with van der Waals surface area (Å²) in [5.41, 5.74) is 2.85. The van der Waals surface area contributed by atoms with Crippen molar-refractivity contribution in [3.63, 3.8) is 0 Å². The van der Waals surface area contributed by atoms with E-state index in [4.69, 9.17) is 0 Å². The molecule has 0 bridgehead atoms. The molecule has 18 heavy (non-hydrogen) atoms. The SMILES string of the molecule is CC(C)N1CCC(N2Cc3cnn(C)c3C2)CC1. The van der Waals surface area contributed by atoms with E-state index in [-0.39, 0.29) is 0 Å². The maximum atomic E-state index is 4.33. The van der Waals surface area contributed by atoms with Crippen molar-refractivity contribution in [2.24, 2.45) is 7.05 Å². The second-order valence-corrected chi connectivity index (χ2v) is 6.01. The Labute approximate surface area is 110 Å². The molecule has 0 N–H and O–H groups in total. The lowest BCUT2D eigenvalue weighted by Gasteiger charge is -2.38. The number of hydrogen-bond donors (Lipinski definition) is 0. The molecule has 4 nitrogen and oxygen atoms in total. The van der Waals surface area contributed by atoms with Gasteiger partial charge >= 0.3 is 0 Å². The van der Waals surface area contributed by atoms with Crippen LogP contribution in [0.3, 0.4) is 0 Å². The first-order chi connectivity index (χ1) is 8.65. The number of hydrogen-bond acceptors (Lipinski definition) is 3. The van der Waals surface area contributed by atoms with Crippen LogP contribution in [0.2, 0.25) is 0 Å². The standard InChI is InChI=1S/C14H24N4/c1-11(2)17-6-4-13(5-7-17)18-9-12-8-15-16(3)14(12)10-18/h8,11,13H,4-7,9-10H2,1-3H3. The molecule has 0 atom stereocenters. The number of nitrogens with zero attached hydrogens (tertiary/aromatic N) is 4. The Balaban J connectivity index is 1.59. The predicted molar refractivity (Wildman–Crippen MR) is 72.2 cm³/mol. The van der Waals surface area contributed by atoms with Crippen LogP contribution in [-0.2, 0) is 20.1 Å². The Hall–Kier alpha value is -0.870. The monoisotopic (exact) mass is 248 g/mol. The average molecular weight is 248 g/mol. The molecule has 1 fully saturated rings. The van der Waals surface area contributed by atoms with Gasteiger partial charge in [0, 0.05) is 37.8 Å². The number of aromatic nitrogens is 2. The molecule has 2 aliphatic rings. The number of rotatable bonds is 2. The highest BCUT2D eigenvalue weighted by Gasteiger charge is 2.31. The first-order valence-electron chi connectivity index (χ1n) is 7.13. The van der Waals surface area contributed by atoms with Crippen LogP contribution in [0.15, 0.2) is 6.20 Å². The lowest BCUT2D eigenvalue weighted by Crippen LogP contribution is -2.45. The molecule has 0 radical (unpaired) electrons. The second-order valence-electron chi connectivity index (χ2n) is 6.01. The van der Waals surface area contributed by atoms with E-state index in [9.17, 15) is 0 Å². The quantitative estimate of drug-likeness (QED) is 0.794. The van der Waals surface area contributed by atoms with Gasteiger partial charge in [0.25, 0.3) is 0 Å². The highest BCUT2D eigenvalue weighted by Crippen LogP contribution is 2.28. The van der Waals surface area contributed by atoms with Gasteiger partial charge < -0.3 is 4.90 Å². The van der Waals surface area contributed by atoms with Crippen LogP contribution in [0.1, 0.15) is 37.9 Å². The number of aryl methyl sites for hydroxylation is 1. The average Bonchev–Trinajstić information content (AvgIpc) is 2.92. The normalized spacial score (nSPS) is 22.9. The van der Waals surface area contributed by atoms with E-state index in [0.29, 0.717) is 6.04 Å².